The van der Waals surface area contributed by atoms with E-state index in [-0.39, 0.29) is 18.9 Å². The molecule has 2 aromatic rings. The summed E-state index contributed by atoms with van der Waals surface area (Å²) in [7, 11) is 0. The first-order valence-corrected chi connectivity index (χ1v) is 8.14. The molecule has 1 aliphatic heterocycles. The van der Waals surface area contributed by atoms with E-state index in [1.165, 1.54) is 6.33 Å². The average molecular weight is 347 g/mol. The van der Waals surface area contributed by atoms with Crippen molar-refractivity contribution in [1.82, 2.24) is 34.5 Å². The number of carbonyl (C=O) groups is 2. The zero-order valence-corrected chi connectivity index (χ0v) is 13.8. The van der Waals surface area contributed by atoms with Crippen LogP contribution in [0.15, 0.2) is 25.2 Å². The number of nitrogens with zero attached hydrogens (tertiary/aromatic N) is 6. The van der Waals surface area contributed by atoms with Crippen molar-refractivity contribution in [3.8, 4) is 0 Å². The van der Waals surface area contributed by atoms with Crippen LogP contribution in [0.3, 0.4) is 0 Å². The molecule has 10 nitrogen and oxygen atoms in total. The summed E-state index contributed by atoms with van der Waals surface area (Å²) in [6.45, 7) is 2.79. The topological polar surface area (TPSA) is 120 Å². The predicted octanol–water partition coefficient (Wildman–Crippen LogP) is -0.563. The molecule has 10 heteroatoms. The molecule has 1 aliphatic rings. The Balaban J connectivity index is 1.60. The quantitative estimate of drug-likeness (QED) is 0.718. The van der Waals surface area contributed by atoms with Gasteiger partial charge < -0.3 is 15.0 Å². The third-order valence-electron chi connectivity index (χ3n) is 4.28. The van der Waals surface area contributed by atoms with Gasteiger partial charge in [0, 0.05) is 51.0 Å². The highest BCUT2D eigenvalue weighted by molar-refractivity contribution is 5.77. The molecule has 134 valence electrons. The molecule has 2 aromatic heterocycles. The molecule has 3 heterocycles. The number of aryl methyl sites for hydroxylation is 1. The summed E-state index contributed by atoms with van der Waals surface area (Å²) in [6.07, 6.45) is 6.58. The molecular formula is C15H21N7O3. The van der Waals surface area contributed by atoms with E-state index < -0.39 is 11.9 Å². The largest absolute Gasteiger partial charge is 0.481 e. The highest BCUT2D eigenvalue weighted by atomic mass is 16.4. The molecule has 1 atom stereocenters. The lowest BCUT2D eigenvalue weighted by Crippen LogP contribution is -2.38. The number of rotatable bonds is 6. The molecule has 0 aliphatic carbocycles. The number of carbonyl (C=O) groups excluding carboxylic acids is 1. The van der Waals surface area contributed by atoms with Crippen LogP contribution >= 0.6 is 0 Å². The summed E-state index contributed by atoms with van der Waals surface area (Å²) in [6, 6.07) is 0. The van der Waals surface area contributed by atoms with Crippen LogP contribution in [0.4, 0.5) is 0 Å². The number of amides is 1. The van der Waals surface area contributed by atoms with Gasteiger partial charge in [0.1, 0.15) is 12.7 Å². The zero-order chi connectivity index (χ0) is 17.6. The van der Waals surface area contributed by atoms with Crippen LogP contribution in [0.1, 0.15) is 12.1 Å². The van der Waals surface area contributed by atoms with Gasteiger partial charge in [0.05, 0.1) is 18.8 Å². The Bertz CT molecular complexity index is 686. The molecule has 0 radical (unpaired) electrons. The number of hydrogen-bond acceptors (Lipinski definition) is 6. The molecule has 1 saturated heterocycles. The van der Waals surface area contributed by atoms with E-state index >= 15 is 0 Å². The van der Waals surface area contributed by atoms with Crippen LogP contribution in [0.25, 0.3) is 0 Å². The van der Waals surface area contributed by atoms with Crippen molar-refractivity contribution in [1.29, 1.82) is 0 Å². The van der Waals surface area contributed by atoms with Gasteiger partial charge in [-0.15, -0.1) is 0 Å². The van der Waals surface area contributed by atoms with E-state index in [9.17, 15) is 14.7 Å². The van der Waals surface area contributed by atoms with Crippen molar-refractivity contribution >= 4 is 11.9 Å². The maximum atomic E-state index is 12.5. The lowest BCUT2D eigenvalue weighted by Gasteiger charge is -2.22. The fourth-order valence-electron chi connectivity index (χ4n) is 2.94. The van der Waals surface area contributed by atoms with E-state index in [1.54, 1.807) is 28.4 Å². The van der Waals surface area contributed by atoms with Gasteiger partial charge in [-0.05, 0) is 0 Å². The summed E-state index contributed by atoms with van der Waals surface area (Å²) < 4.78 is 1.59. The molecule has 1 amide bonds. The lowest BCUT2D eigenvalue weighted by atomic mass is 10.1. The fourth-order valence-corrected chi connectivity index (χ4v) is 2.94. The van der Waals surface area contributed by atoms with Crippen molar-refractivity contribution in [2.75, 3.05) is 26.2 Å². The molecule has 3 rings (SSSR count). The number of imidazole rings is 1. The molecular weight excluding hydrogens is 326 g/mol. The number of carboxylic acids is 1. The Morgan fingerprint density at radius 2 is 2.16 bits per heavy atom. The number of carboxylic acid groups (broad SMARTS) is 1. The van der Waals surface area contributed by atoms with Gasteiger partial charge in [-0.25, -0.2) is 9.97 Å². The fraction of sp³-hybridized carbons (Fsp3) is 0.533. The smallest absolute Gasteiger partial charge is 0.309 e. The Hall–Kier alpha value is -2.75. The summed E-state index contributed by atoms with van der Waals surface area (Å²) in [5, 5.41) is 13.5. The molecule has 0 unspecified atom stereocenters. The third-order valence-corrected chi connectivity index (χ3v) is 4.28. The maximum Gasteiger partial charge on any atom is 0.309 e. The van der Waals surface area contributed by atoms with Crippen molar-refractivity contribution in [3.63, 3.8) is 0 Å². The monoisotopic (exact) mass is 347 g/mol. The van der Waals surface area contributed by atoms with Crippen LogP contribution in [0, 0.1) is 5.92 Å². The van der Waals surface area contributed by atoms with E-state index in [4.69, 9.17) is 0 Å². The van der Waals surface area contributed by atoms with Crippen molar-refractivity contribution < 1.29 is 14.7 Å². The second-order valence-corrected chi connectivity index (χ2v) is 6.10. The van der Waals surface area contributed by atoms with E-state index in [0.29, 0.717) is 32.7 Å². The van der Waals surface area contributed by atoms with E-state index in [0.717, 1.165) is 5.69 Å². The molecule has 25 heavy (non-hydrogen) atoms. The average Bonchev–Trinajstić information content (AvgIpc) is 3.24. The molecule has 0 aromatic carbocycles. The lowest BCUT2D eigenvalue weighted by molar-refractivity contribution is -0.143. The zero-order valence-electron chi connectivity index (χ0n) is 13.8. The molecule has 0 spiro atoms. The number of hydrogen-bond donors (Lipinski definition) is 2. The minimum absolute atomic E-state index is 0.0647. The Morgan fingerprint density at radius 1 is 1.28 bits per heavy atom. The van der Waals surface area contributed by atoms with Crippen molar-refractivity contribution in [2.24, 2.45) is 5.92 Å². The molecule has 1 fully saturated rings. The van der Waals surface area contributed by atoms with Crippen molar-refractivity contribution in [3.05, 3.63) is 30.9 Å². The van der Waals surface area contributed by atoms with Gasteiger partial charge in [-0.1, -0.05) is 0 Å². The SMILES string of the molecule is O=C(O)[C@@H]1CN(Cc2cnc[nH]2)CCN(C(=O)CCn2cncn2)C1. The first-order chi connectivity index (χ1) is 12.1. The van der Waals surface area contributed by atoms with Crippen LogP contribution in [-0.4, -0.2) is 77.7 Å². The summed E-state index contributed by atoms with van der Waals surface area (Å²) in [5.74, 6) is -1.56. The first kappa shape index (κ1) is 17.1. The molecule has 2 N–H and O–H groups in total. The Kier molecular flexibility index (Phi) is 5.39. The highest BCUT2D eigenvalue weighted by Crippen LogP contribution is 2.14. The Labute approximate surface area is 144 Å². The molecule has 0 bridgehead atoms. The number of nitrogens with one attached hydrogen (secondary N) is 1. The van der Waals surface area contributed by atoms with Gasteiger partial charge in [0.15, 0.2) is 0 Å². The van der Waals surface area contributed by atoms with Crippen LogP contribution < -0.4 is 0 Å². The van der Waals surface area contributed by atoms with E-state index in [2.05, 4.69) is 20.1 Å². The van der Waals surface area contributed by atoms with Gasteiger partial charge in [-0.2, -0.15) is 5.10 Å². The molecule has 0 saturated carbocycles. The third kappa shape index (κ3) is 4.63. The summed E-state index contributed by atoms with van der Waals surface area (Å²) in [5.41, 5.74) is 0.926. The van der Waals surface area contributed by atoms with E-state index in [1.807, 2.05) is 4.90 Å². The minimum Gasteiger partial charge on any atom is -0.481 e. The number of aromatic nitrogens is 5. The van der Waals surface area contributed by atoms with Gasteiger partial charge >= 0.3 is 5.97 Å². The van der Waals surface area contributed by atoms with Crippen LogP contribution in [-0.2, 0) is 22.7 Å². The van der Waals surface area contributed by atoms with Gasteiger partial charge in [0.25, 0.3) is 0 Å². The standard InChI is InChI=1S/C15H21N7O3/c23-14(1-2-22-11-17-10-19-22)21-4-3-20(6-12(7-21)15(24)25)8-13-5-16-9-18-13/h5,9-12H,1-4,6-8H2,(H,16,18)(H,24,25)/t12-/m1/s1. The number of H-pyrrole nitrogens is 1. The minimum atomic E-state index is -0.884. The summed E-state index contributed by atoms with van der Waals surface area (Å²) in [4.78, 5) is 38.6. The normalized spacial score (nSPS) is 18.9. The second kappa shape index (κ2) is 7.88. The van der Waals surface area contributed by atoms with Crippen LogP contribution in [0.5, 0.6) is 0 Å². The number of aliphatic carboxylic acids is 1. The summed E-state index contributed by atoms with van der Waals surface area (Å²) >= 11 is 0. The predicted molar refractivity (Wildman–Crippen MR) is 86.2 cm³/mol. The van der Waals surface area contributed by atoms with Gasteiger partial charge in [0.2, 0.25) is 5.91 Å². The number of aromatic amines is 1. The van der Waals surface area contributed by atoms with Gasteiger partial charge in [-0.3, -0.25) is 19.2 Å². The highest BCUT2D eigenvalue weighted by Gasteiger charge is 2.30. The van der Waals surface area contributed by atoms with Crippen molar-refractivity contribution in [2.45, 2.75) is 19.5 Å². The Morgan fingerprint density at radius 3 is 2.84 bits per heavy atom. The second-order valence-electron chi connectivity index (χ2n) is 6.10. The first-order valence-electron chi connectivity index (χ1n) is 8.14. The maximum absolute atomic E-state index is 12.5. The van der Waals surface area contributed by atoms with Crippen LogP contribution in [0.2, 0.25) is 0 Å².